The number of amides is 5. The molecule has 2 aromatic carbocycles. The second-order valence-corrected chi connectivity index (χ2v) is 10.6. The maximum atomic E-state index is 14.1. The highest BCUT2D eigenvalue weighted by Gasteiger charge is 2.51. The molecule has 2 saturated heterocycles. The average molecular weight is 598 g/mol. The van der Waals surface area contributed by atoms with E-state index < -0.39 is 18.2 Å². The number of rotatable bonds is 9. The number of urea groups is 1. The summed E-state index contributed by atoms with van der Waals surface area (Å²) in [6.07, 6.45) is 0.965. The van der Waals surface area contributed by atoms with Gasteiger partial charge in [-0.1, -0.05) is 54.6 Å². The Labute approximate surface area is 255 Å². The Balaban J connectivity index is 1.50. The van der Waals surface area contributed by atoms with Crippen molar-refractivity contribution in [2.45, 2.75) is 31.7 Å². The van der Waals surface area contributed by atoms with Gasteiger partial charge in [-0.05, 0) is 35.4 Å². The Morgan fingerprint density at radius 3 is 2.48 bits per heavy atom. The van der Waals surface area contributed by atoms with Crippen LogP contribution in [0.1, 0.15) is 27.3 Å². The molecule has 2 fully saturated rings. The number of phenolic OH excluding ortho intramolecular Hbond substituents is 1. The largest absolute Gasteiger partial charge is 0.508 e. The van der Waals surface area contributed by atoms with Gasteiger partial charge < -0.3 is 25.5 Å². The van der Waals surface area contributed by atoms with Gasteiger partial charge in [0.2, 0.25) is 11.8 Å². The lowest BCUT2D eigenvalue weighted by Gasteiger charge is -2.55. The number of hydrogen-bond acceptors (Lipinski definition) is 7. The zero-order chi connectivity index (χ0) is 31.2. The van der Waals surface area contributed by atoms with E-state index in [9.17, 15) is 24.3 Å². The molecule has 228 valence electrons. The summed E-state index contributed by atoms with van der Waals surface area (Å²) >= 11 is 0. The third-order valence-corrected chi connectivity index (χ3v) is 7.65. The first kappa shape index (κ1) is 30.2. The number of hydrazine groups is 1. The number of hydrogen-bond donors (Lipinski definition) is 3. The Bertz CT molecular complexity index is 1530. The minimum atomic E-state index is -0.928. The van der Waals surface area contributed by atoms with Crippen LogP contribution in [0.15, 0.2) is 85.5 Å². The molecular formula is C32H35N7O5. The summed E-state index contributed by atoms with van der Waals surface area (Å²) in [4.78, 5) is 61.4. The number of aromatic nitrogens is 1. The van der Waals surface area contributed by atoms with Gasteiger partial charge in [0.1, 0.15) is 23.7 Å². The number of fused-ring (bicyclic) bond motifs is 1. The number of nitrogens with one attached hydrogen (secondary N) is 2. The fraction of sp³-hybridized carbons (Fsp3) is 0.281. The van der Waals surface area contributed by atoms with Gasteiger partial charge in [-0.15, -0.1) is 6.58 Å². The minimum Gasteiger partial charge on any atom is -0.508 e. The Morgan fingerprint density at radius 2 is 1.77 bits per heavy atom. The number of piperazine rings is 1. The van der Waals surface area contributed by atoms with Crippen molar-refractivity contribution in [3.05, 3.63) is 108 Å². The van der Waals surface area contributed by atoms with E-state index in [1.807, 2.05) is 30.3 Å². The molecule has 3 heterocycles. The third kappa shape index (κ3) is 6.55. The van der Waals surface area contributed by atoms with E-state index in [2.05, 4.69) is 22.2 Å². The molecule has 2 atom stereocenters. The smallest absolute Gasteiger partial charge is 0.334 e. The van der Waals surface area contributed by atoms with Crippen LogP contribution in [-0.2, 0) is 29.1 Å². The molecule has 3 aromatic rings. The first-order chi connectivity index (χ1) is 21.3. The molecule has 1 aromatic heterocycles. The maximum Gasteiger partial charge on any atom is 0.334 e. The lowest BCUT2D eigenvalue weighted by molar-refractivity contribution is -0.189. The van der Waals surface area contributed by atoms with Gasteiger partial charge in [-0.25, -0.2) is 19.8 Å². The van der Waals surface area contributed by atoms with Crippen LogP contribution in [0.2, 0.25) is 0 Å². The van der Waals surface area contributed by atoms with Gasteiger partial charge in [-0.3, -0.25) is 14.4 Å². The number of benzene rings is 2. The van der Waals surface area contributed by atoms with Crippen LogP contribution in [0.5, 0.6) is 5.75 Å². The highest BCUT2D eigenvalue weighted by Crippen LogP contribution is 2.29. The van der Waals surface area contributed by atoms with Crippen LogP contribution in [-0.4, -0.2) is 92.6 Å². The summed E-state index contributed by atoms with van der Waals surface area (Å²) in [6.45, 7) is 4.29. The molecular weight excluding hydrogens is 562 g/mol. The number of pyridine rings is 1. The molecule has 2 unspecified atom stereocenters. The Morgan fingerprint density at radius 1 is 1.02 bits per heavy atom. The number of nitrogens with zero attached hydrogens (tertiary/aromatic N) is 5. The summed E-state index contributed by atoms with van der Waals surface area (Å²) in [6, 6.07) is 19.6. The van der Waals surface area contributed by atoms with Gasteiger partial charge in [0.05, 0.1) is 25.3 Å². The first-order valence-corrected chi connectivity index (χ1v) is 14.3. The fourth-order valence-corrected chi connectivity index (χ4v) is 5.57. The van der Waals surface area contributed by atoms with E-state index in [0.29, 0.717) is 5.69 Å². The van der Waals surface area contributed by atoms with Gasteiger partial charge in [0.25, 0.3) is 5.91 Å². The average Bonchev–Trinajstić information content (AvgIpc) is 3.03. The van der Waals surface area contributed by atoms with Crippen molar-refractivity contribution >= 4 is 23.8 Å². The van der Waals surface area contributed by atoms with E-state index in [1.165, 1.54) is 29.1 Å². The van der Waals surface area contributed by atoms with Crippen molar-refractivity contribution in [3.63, 3.8) is 0 Å². The zero-order valence-electron chi connectivity index (χ0n) is 24.4. The summed E-state index contributed by atoms with van der Waals surface area (Å²) in [7, 11) is 1.51. The highest BCUT2D eigenvalue weighted by atomic mass is 16.3. The van der Waals surface area contributed by atoms with Crippen LogP contribution in [0.4, 0.5) is 4.79 Å². The van der Waals surface area contributed by atoms with Gasteiger partial charge in [-0.2, -0.15) is 0 Å². The number of phenols is 1. The molecule has 12 nitrogen and oxygen atoms in total. The first-order valence-electron chi connectivity index (χ1n) is 14.3. The Hall–Kier alpha value is -5.23. The van der Waals surface area contributed by atoms with Crippen molar-refractivity contribution in [1.82, 2.24) is 35.4 Å². The monoisotopic (exact) mass is 597 g/mol. The topological polar surface area (TPSA) is 138 Å². The van der Waals surface area contributed by atoms with Crippen molar-refractivity contribution in [3.8, 4) is 5.75 Å². The van der Waals surface area contributed by atoms with E-state index in [0.717, 1.165) is 11.1 Å². The second kappa shape index (κ2) is 13.4. The quantitative estimate of drug-likeness (QED) is 0.320. The van der Waals surface area contributed by atoms with E-state index in [-0.39, 0.29) is 68.3 Å². The molecule has 3 N–H and O–H groups in total. The molecule has 0 saturated carbocycles. The molecule has 0 aliphatic carbocycles. The summed E-state index contributed by atoms with van der Waals surface area (Å²) < 4.78 is 0. The molecule has 44 heavy (non-hydrogen) atoms. The van der Waals surface area contributed by atoms with Crippen LogP contribution < -0.4 is 10.6 Å². The highest BCUT2D eigenvalue weighted by molar-refractivity contribution is 5.92. The maximum absolute atomic E-state index is 14.1. The van der Waals surface area contributed by atoms with E-state index in [1.54, 1.807) is 46.3 Å². The number of aromatic hydroxyl groups is 1. The summed E-state index contributed by atoms with van der Waals surface area (Å²) in [5.41, 5.74) is 2.35. The normalized spacial score (nSPS) is 18.5. The molecule has 2 aliphatic heterocycles. The van der Waals surface area contributed by atoms with Gasteiger partial charge >= 0.3 is 6.03 Å². The number of carbonyl (C=O) groups excluding carboxylic acids is 4. The molecule has 2 aliphatic rings. The van der Waals surface area contributed by atoms with Gasteiger partial charge in [0.15, 0.2) is 0 Å². The lowest BCUT2D eigenvalue weighted by Crippen LogP contribution is -2.76. The fourth-order valence-electron chi connectivity index (χ4n) is 5.57. The molecule has 0 bridgehead atoms. The van der Waals surface area contributed by atoms with Crippen LogP contribution >= 0.6 is 0 Å². The van der Waals surface area contributed by atoms with Crippen LogP contribution in [0, 0.1) is 0 Å². The van der Waals surface area contributed by atoms with Crippen molar-refractivity contribution in [2.75, 3.05) is 26.7 Å². The van der Waals surface area contributed by atoms with Crippen LogP contribution in [0.25, 0.3) is 0 Å². The SMILES string of the molecule is C=CCN1CC(=O)N2C(Cc3ccc(O)cc3)C(=O)N(Cc3cccc(C(=O)NC)n3)CC2N1C(=O)NCc1ccccc1. The van der Waals surface area contributed by atoms with Crippen LogP contribution in [0.3, 0.4) is 0 Å². The molecule has 0 radical (unpaired) electrons. The molecule has 5 rings (SSSR count). The number of carbonyl (C=O) groups is 4. The molecule has 12 heteroatoms. The summed E-state index contributed by atoms with van der Waals surface area (Å²) in [5.74, 6) is -0.870. The van der Waals surface area contributed by atoms with Crippen molar-refractivity contribution in [1.29, 1.82) is 0 Å². The summed E-state index contributed by atoms with van der Waals surface area (Å²) in [5, 5.41) is 18.4. The predicted molar refractivity (Wildman–Crippen MR) is 162 cm³/mol. The standard InChI is InChI=1S/C32H35N7O5/c1-3-16-37-21-29(41)38-27(17-22-12-14-25(40)15-13-22)31(43)36(19-24-10-7-11-26(35-24)30(42)33-2)20-28(38)39(37)32(44)34-18-23-8-5-4-6-9-23/h3-15,27-28,40H,1,16-21H2,2H3,(H,33,42)(H,34,44). The molecule has 5 amide bonds. The third-order valence-electron chi connectivity index (χ3n) is 7.65. The minimum absolute atomic E-state index is 0.0228. The van der Waals surface area contributed by atoms with Crippen molar-refractivity contribution < 1.29 is 24.3 Å². The van der Waals surface area contributed by atoms with E-state index in [4.69, 9.17) is 0 Å². The van der Waals surface area contributed by atoms with Gasteiger partial charge in [0, 0.05) is 26.6 Å². The second-order valence-electron chi connectivity index (χ2n) is 10.6. The zero-order valence-corrected chi connectivity index (χ0v) is 24.4. The van der Waals surface area contributed by atoms with E-state index >= 15 is 0 Å². The predicted octanol–water partition coefficient (Wildman–Crippen LogP) is 1.88. The van der Waals surface area contributed by atoms with Crippen molar-refractivity contribution in [2.24, 2.45) is 0 Å². The lowest BCUT2D eigenvalue weighted by atomic mass is 9.98. The Kier molecular flexibility index (Phi) is 9.20. The molecule has 0 spiro atoms.